The third kappa shape index (κ3) is 4.35. The van der Waals surface area contributed by atoms with Gasteiger partial charge in [-0.05, 0) is 59.9 Å². The number of amides is 1. The number of benzene rings is 3. The molecule has 0 bridgehead atoms. The van der Waals surface area contributed by atoms with Crippen LogP contribution in [0.3, 0.4) is 0 Å². The molecule has 0 fully saturated rings. The largest absolute Gasteiger partial charge is 0.494 e. The highest BCUT2D eigenvalue weighted by molar-refractivity contribution is 5.83. The van der Waals surface area contributed by atoms with Gasteiger partial charge in [0.1, 0.15) is 5.75 Å². The van der Waals surface area contributed by atoms with E-state index < -0.39 is 0 Å². The van der Waals surface area contributed by atoms with Crippen LogP contribution in [-0.4, -0.2) is 13.0 Å². The molecule has 1 amide bonds. The predicted molar refractivity (Wildman–Crippen MR) is 98.5 cm³/mol. The first-order valence-electron chi connectivity index (χ1n) is 8.26. The van der Waals surface area contributed by atoms with Crippen molar-refractivity contribution in [2.75, 3.05) is 11.9 Å². The van der Waals surface area contributed by atoms with Crippen LogP contribution >= 0.6 is 0 Å². The zero-order valence-electron chi connectivity index (χ0n) is 13.6. The molecule has 3 heteroatoms. The summed E-state index contributed by atoms with van der Waals surface area (Å²) in [7, 11) is 0. The minimum atomic E-state index is 0.694. The summed E-state index contributed by atoms with van der Waals surface area (Å²) in [6.07, 6.45) is 3.80. The van der Waals surface area contributed by atoms with Crippen LogP contribution in [0.1, 0.15) is 18.4 Å². The second-order valence-corrected chi connectivity index (χ2v) is 5.77. The Morgan fingerprint density at radius 2 is 1.67 bits per heavy atom. The van der Waals surface area contributed by atoms with Gasteiger partial charge in [-0.3, -0.25) is 4.79 Å². The predicted octanol–water partition coefficient (Wildman–Crippen LogP) is 4.81. The lowest BCUT2D eigenvalue weighted by Gasteiger charge is -2.08. The third-order valence-corrected chi connectivity index (χ3v) is 4.03. The van der Waals surface area contributed by atoms with Gasteiger partial charge in [-0.2, -0.15) is 0 Å². The molecule has 0 unspecified atom stereocenters. The number of fused-ring (bicyclic) bond motifs is 1. The first-order chi connectivity index (χ1) is 11.8. The molecular weight excluding hydrogens is 298 g/mol. The Balaban J connectivity index is 1.42. The molecule has 1 N–H and O–H groups in total. The van der Waals surface area contributed by atoms with E-state index in [2.05, 4.69) is 41.7 Å². The van der Waals surface area contributed by atoms with E-state index in [0.29, 0.717) is 6.41 Å². The molecule has 0 heterocycles. The van der Waals surface area contributed by atoms with Crippen LogP contribution in [0, 0.1) is 0 Å². The molecule has 122 valence electrons. The van der Waals surface area contributed by atoms with Gasteiger partial charge in [0.25, 0.3) is 0 Å². The fourth-order valence-electron chi connectivity index (χ4n) is 2.71. The van der Waals surface area contributed by atoms with E-state index in [-0.39, 0.29) is 0 Å². The number of carbonyl (C=O) groups is 1. The SMILES string of the molecule is O=CNc1ccc(CCCCOc2ccc3ccccc3c2)cc1. The van der Waals surface area contributed by atoms with Crippen LogP contribution in [0.15, 0.2) is 66.7 Å². The van der Waals surface area contributed by atoms with Gasteiger partial charge < -0.3 is 10.1 Å². The van der Waals surface area contributed by atoms with Gasteiger partial charge in [0.05, 0.1) is 6.61 Å². The average Bonchev–Trinajstić information content (AvgIpc) is 2.63. The molecule has 3 aromatic rings. The highest BCUT2D eigenvalue weighted by Gasteiger charge is 1.98. The molecule has 0 aromatic heterocycles. The van der Waals surface area contributed by atoms with Gasteiger partial charge in [-0.25, -0.2) is 0 Å². The minimum absolute atomic E-state index is 0.694. The number of unbranched alkanes of at least 4 members (excludes halogenated alkanes) is 1. The third-order valence-electron chi connectivity index (χ3n) is 4.03. The molecule has 24 heavy (non-hydrogen) atoms. The van der Waals surface area contributed by atoms with Crippen molar-refractivity contribution in [2.45, 2.75) is 19.3 Å². The normalized spacial score (nSPS) is 10.5. The topological polar surface area (TPSA) is 38.3 Å². The fraction of sp³-hybridized carbons (Fsp3) is 0.190. The lowest BCUT2D eigenvalue weighted by atomic mass is 10.1. The van der Waals surface area contributed by atoms with E-state index in [4.69, 9.17) is 4.74 Å². The standard InChI is InChI=1S/C21H21NO2/c23-16-22-20-11-8-17(9-12-20)5-3-4-14-24-21-13-10-18-6-1-2-7-19(18)15-21/h1-2,6-13,15-16H,3-5,14H2,(H,22,23). The molecule has 3 aromatic carbocycles. The van der Waals surface area contributed by atoms with E-state index in [0.717, 1.165) is 37.3 Å². The summed E-state index contributed by atoms with van der Waals surface area (Å²) in [5, 5.41) is 5.08. The Labute approximate surface area is 142 Å². The van der Waals surface area contributed by atoms with Crippen LogP contribution < -0.4 is 10.1 Å². The highest BCUT2D eigenvalue weighted by atomic mass is 16.5. The smallest absolute Gasteiger partial charge is 0.211 e. The van der Waals surface area contributed by atoms with Gasteiger partial charge >= 0.3 is 0 Å². The Morgan fingerprint density at radius 1 is 0.875 bits per heavy atom. The zero-order chi connectivity index (χ0) is 16.6. The van der Waals surface area contributed by atoms with Crippen molar-refractivity contribution < 1.29 is 9.53 Å². The van der Waals surface area contributed by atoms with Crippen molar-refractivity contribution in [1.29, 1.82) is 0 Å². The van der Waals surface area contributed by atoms with E-state index in [1.807, 2.05) is 30.3 Å². The zero-order valence-corrected chi connectivity index (χ0v) is 13.6. The number of hydrogen-bond donors (Lipinski definition) is 1. The van der Waals surface area contributed by atoms with Gasteiger partial charge in [0, 0.05) is 5.69 Å². The van der Waals surface area contributed by atoms with Crippen molar-refractivity contribution in [3.05, 3.63) is 72.3 Å². The summed E-state index contributed by atoms with van der Waals surface area (Å²) in [6, 6.07) is 22.5. The Hall–Kier alpha value is -2.81. The molecule has 0 saturated carbocycles. The maximum Gasteiger partial charge on any atom is 0.211 e. The Kier molecular flexibility index (Phi) is 5.46. The average molecular weight is 319 g/mol. The van der Waals surface area contributed by atoms with Gasteiger partial charge in [0.2, 0.25) is 6.41 Å². The number of carbonyl (C=O) groups excluding carboxylic acids is 1. The first-order valence-corrected chi connectivity index (χ1v) is 8.26. The maximum atomic E-state index is 10.4. The number of nitrogens with one attached hydrogen (secondary N) is 1. The molecule has 0 aliphatic carbocycles. The second-order valence-electron chi connectivity index (χ2n) is 5.77. The lowest BCUT2D eigenvalue weighted by molar-refractivity contribution is -0.105. The fourth-order valence-corrected chi connectivity index (χ4v) is 2.71. The van der Waals surface area contributed by atoms with Crippen molar-refractivity contribution >= 4 is 22.9 Å². The number of anilines is 1. The van der Waals surface area contributed by atoms with Crippen LogP contribution in [0.25, 0.3) is 10.8 Å². The van der Waals surface area contributed by atoms with E-state index in [1.165, 1.54) is 16.3 Å². The van der Waals surface area contributed by atoms with Crippen molar-refractivity contribution in [3.63, 3.8) is 0 Å². The summed E-state index contributed by atoms with van der Waals surface area (Å²) in [4.78, 5) is 10.4. The minimum Gasteiger partial charge on any atom is -0.494 e. The Bertz CT molecular complexity index is 796. The molecule has 0 saturated heterocycles. The van der Waals surface area contributed by atoms with Crippen LogP contribution in [0.4, 0.5) is 5.69 Å². The lowest BCUT2D eigenvalue weighted by Crippen LogP contribution is -1.98. The van der Waals surface area contributed by atoms with Gasteiger partial charge in [0.15, 0.2) is 0 Å². The summed E-state index contributed by atoms with van der Waals surface area (Å²) in [6.45, 7) is 0.725. The molecule has 0 atom stereocenters. The second kappa shape index (κ2) is 8.16. The van der Waals surface area contributed by atoms with Crippen molar-refractivity contribution in [1.82, 2.24) is 0 Å². The van der Waals surface area contributed by atoms with Crippen LogP contribution in [0.5, 0.6) is 5.75 Å². The summed E-state index contributed by atoms with van der Waals surface area (Å²) in [5.74, 6) is 0.929. The highest BCUT2D eigenvalue weighted by Crippen LogP contribution is 2.20. The monoisotopic (exact) mass is 319 g/mol. The Morgan fingerprint density at radius 3 is 2.46 bits per heavy atom. The molecule has 3 rings (SSSR count). The van der Waals surface area contributed by atoms with Crippen molar-refractivity contribution in [3.8, 4) is 5.75 Å². The molecule has 0 aliphatic heterocycles. The van der Waals surface area contributed by atoms with Crippen LogP contribution in [-0.2, 0) is 11.2 Å². The number of ether oxygens (including phenoxy) is 1. The quantitative estimate of drug-likeness (QED) is 0.478. The summed E-state index contributed by atoms with van der Waals surface area (Å²) < 4.78 is 5.85. The number of hydrogen-bond acceptors (Lipinski definition) is 2. The molecule has 0 spiro atoms. The molecule has 3 nitrogen and oxygen atoms in total. The number of rotatable bonds is 8. The summed E-state index contributed by atoms with van der Waals surface area (Å²) in [5.41, 5.74) is 2.10. The summed E-state index contributed by atoms with van der Waals surface area (Å²) >= 11 is 0. The van der Waals surface area contributed by atoms with Gasteiger partial charge in [-0.1, -0.05) is 42.5 Å². The van der Waals surface area contributed by atoms with E-state index in [9.17, 15) is 4.79 Å². The number of aryl methyl sites for hydroxylation is 1. The van der Waals surface area contributed by atoms with E-state index in [1.54, 1.807) is 0 Å². The van der Waals surface area contributed by atoms with Crippen molar-refractivity contribution in [2.24, 2.45) is 0 Å². The van der Waals surface area contributed by atoms with Crippen LogP contribution in [0.2, 0.25) is 0 Å². The first kappa shape index (κ1) is 16.1. The van der Waals surface area contributed by atoms with Gasteiger partial charge in [-0.15, -0.1) is 0 Å². The molecule has 0 aliphatic rings. The maximum absolute atomic E-state index is 10.4. The van der Waals surface area contributed by atoms with E-state index >= 15 is 0 Å². The molecular formula is C21H21NO2. The molecule has 0 radical (unpaired) electrons.